The van der Waals surface area contributed by atoms with E-state index in [1.165, 1.54) is 35.4 Å². The van der Waals surface area contributed by atoms with Crippen molar-refractivity contribution in [3.63, 3.8) is 0 Å². The molecule has 1 amide bonds. The molecule has 0 saturated heterocycles. The van der Waals surface area contributed by atoms with Crippen LogP contribution in [0.1, 0.15) is 42.3 Å². The smallest absolute Gasteiger partial charge is 0.416 e. The van der Waals surface area contributed by atoms with E-state index < -0.39 is 23.3 Å². The fourth-order valence-corrected chi connectivity index (χ4v) is 3.01. The molecule has 0 atom stereocenters. The average molecular weight is 449 g/mol. The van der Waals surface area contributed by atoms with E-state index in [1.807, 2.05) is 30.3 Å². The summed E-state index contributed by atoms with van der Waals surface area (Å²) >= 11 is 0. The Labute approximate surface area is 191 Å². The molecule has 1 aromatic heterocycles. The van der Waals surface area contributed by atoms with Crippen molar-refractivity contribution in [3.8, 4) is 0 Å². The van der Waals surface area contributed by atoms with E-state index >= 15 is 0 Å². The van der Waals surface area contributed by atoms with Crippen LogP contribution in [-0.2, 0) is 11.3 Å². The molecule has 0 saturated carbocycles. The molecular weight excluding hydrogens is 425 g/mol. The number of ether oxygens (including phenoxy) is 1. The molecule has 0 aliphatic rings. The van der Waals surface area contributed by atoms with E-state index in [4.69, 9.17) is 4.74 Å². The first-order valence-electron chi connectivity index (χ1n) is 10.2. The summed E-state index contributed by atoms with van der Waals surface area (Å²) in [5, 5.41) is 12.7. The van der Waals surface area contributed by atoms with Crippen molar-refractivity contribution >= 4 is 23.4 Å². The second-order valence-corrected chi connectivity index (χ2v) is 8.24. The highest BCUT2D eigenvalue weighted by molar-refractivity contribution is 6.51. The van der Waals surface area contributed by atoms with Gasteiger partial charge < -0.3 is 9.94 Å². The predicted molar refractivity (Wildman–Crippen MR) is 122 cm³/mol. The number of ketones is 1. The third-order valence-electron chi connectivity index (χ3n) is 4.51. The van der Waals surface area contributed by atoms with Gasteiger partial charge in [-0.2, -0.15) is 0 Å². The minimum Gasteiger partial charge on any atom is -0.443 e. The Morgan fingerprint density at radius 1 is 1.03 bits per heavy atom. The van der Waals surface area contributed by atoms with Crippen molar-refractivity contribution in [2.45, 2.75) is 32.9 Å². The number of Topliss-reactive ketones (excluding diaryl/α,β-unsaturated/α-hetero) is 1. The molecule has 0 aliphatic carbocycles. The van der Waals surface area contributed by atoms with Gasteiger partial charge in [0.2, 0.25) is 5.78 Å². The molecule has 1 N–H and O–H groups in total. The zero-order valence-electron chi connectivity index (χ0n) is 18.5. The largest absolute Gasteiger partial charge is 0.443 e. The fraction of sp³-hybridized carbons (Fsp3) is 0.200. The average Bonchev–Trinajstić information content (AvgIpc) is 2.78. The number of carbonyl (C=O) groups is 2. The van der Waals surface area contributed by atoms with Crippen molar-refractivity contribution in [1.29, 1.82) is 0 Å². The topological polar surface area (TPSA) is 92.1 Å². The third-order valence-corrected chi connectivity index (χ3v) is 4.51. The maximum atomic E-state index is 13.2. The molecule has 2 aromatic carbocycles. The highest BCUT2D eigenvalue weighted by Crippen LogP contribution is 2.21. The first kappa shape index (κ1) is 23.6. The van der Waals surface area contributed by atoms with E-state index in [2.05, 4.69) is 10.1 Å². The molecule has 7 nitrogen and oxygen atoms in total. The molecule has 0 bridgehead atoms. The maximum absolute atomic E-state index is 13.2. The van der Waals surface area contributed by atoms with Gasteiger partial charge in [0.05, 0.1) is 6.54 Å². The van der Waals surface area contributed by atoms with Crippen LogP contribution in [0.25, 0.3) is 0 Å². The number of carbonyl (C=O) groups excluding carboxylic acids is 2. The molecule has 0 unspecified atom stereocenters. The fourth-order valence-electron chi connectivity index (χ4n) is 3.01. The third kappa shape index (κ3) is 6.22. The standard InChI is InChI=1S/C25H24FN3O4/c1-25(2,3)33-24(31)29(16-17-7-5-4-6-8-17)21-15-19(13-14-27-21)22(28-32)23(30)18-9-11-20(26)12-10-18/h4-15,32H,16H2,1-3H3. The Balaban J connectivity index is 1.97. The number of hydrogen-bond donors (Lipinski definition) is 1. The van der Waals surface area contributed by atoms with Gasteiger partial charge in [-0.25, -0.2) is 14.2 Å². The molecule has 3 rings (SSSR count). The van der Waals surface area contributed by atoms with Gasteiger partial charge in [-0.15, -0.1) is 0 Å². The summed E-state index contributed by atoms with van der Waals surface area (Å²) < 4.78 is 18.8. The lowest BCUT2D eigenvalue weighted by Crippen LogP contribution is -2.37. The number of benzene rings is 2. The molecular formula is C25H24FN3O4. The summed E-state index contributed by atoms with van der Waals surface area (Å²) in [5.74, 6) is -0.894. The predicted octanol–water partition coefficient (Wildman–Crippen LogP) is 5.22. The molecule has 1 heterocycles. The molecule has 8 heteroatoms. The van der Waals surface area contributed by atoms with Gasteiger partial charge in [0.1, 0.15) is 17.2 Å². The van der Waals surface area contributed by atoms with E-state index in [0.717, 1.165) is 17.7 Å². The van der Waals surface area contributed by atoms with Crippen LogP contribution in [0.4, 0.5) is 15.0 Å². The number of rotatable bonds is 6. The van der Waals surface area contributed by atoms with Crippen LogP contribution < -0.4 is 4.90 Å². The lowest BCUT2D eigenvalue weighted by molar-refractivity contribution is 0.0576. The SMILES string of the molecule is CC(C)(C)OC(=O)N(Cc1ccccc1)c1cc(C(=NO)C(=O)c2ccc(F)cc2)ccn1. The second-order valence-electron chi connectivity index (χ2n) is 8.24. The Hall–Kier alpha value is -4.07. The minimum absolute atomic E-state index is 0.149. The van der Waals surface area contributed by atoms with Gasteiger partial charge in [0, 0.05) is 17.3 Å². The Kier molecular flexibility index (Phi) is 7.17. The number of hydrogen-bond acceptors (Lipinski definition) is 6. The first-order valence-corrected chi connectivity index (χ1v) is 10.2. The summed E-state index contributed by atoms with van der Waals surface area (Å²) in [6.45, 7) is 5.44. The van der Waals surface area contributed by atoms with E-state index in [-0.39, 0.29) is 29.2 Å². The molecule has 0 aliphatic heterocycles. The van der Waals surface area contributed by atoms with Crippen molar-refractivity contribution < 1.29 is 23.9 Å². The highest BCUT2D eigenvalue weighted by atomic mass is 19.1. The first-order chi connectivity index (χ1) is 15.7. The van der Waals surface area contributed by atoms with E-state index in [9.17, 15) is 19.2 Å². The number of pyridine rings is 1. The van der Waals surface area contributed by atoms with Gasteiger partial charge >= 0.3 is 6.09 Å². The van der Waals surface area contributed by atoms with Gasteiger partial charge in [-0.3, -0.25) is 9.69 Å². The minimum atomic E-state index is -0.736. The monoisotopic (exact) mass is 449 g/mol. The van der Waals surface area contributed by atoms with Crippen molar-refractivity contribution in [2.24, 2.45) is 5.16 Å². The lowest BCUT2D eigenvalue weighted by Gasteiger charge is -2.27. The summed E-state index contributed by atoms with van der Waals surface area (Å²) in [6, 6.07) is 17.1. The van der Waals surface area contributed by atoms with Crippen LogP contribution >= 0.6 is 0 Å². The van der Waals surface area contributed by atoms with Crippen LogP contribution in [0.2, 0.25) is 0 Å². The maximum Gasteiger partial charge on any atom is 0.416 e. The van der Waals surface area contributed by atoms with Crippen molar-refractivity contribution in [2.75, 3.05) is 4.90 Å². The van der Waals surface area contributed by atoms with Gasteiger partial charge in [-0.05, 0) is 62.7 Å². The Morgan fingerprint density at radius 3 is 2.30 bits per heavy atom. The second kappa shape index (κ2) is 10.0. The number of nitrogens with zero attached hydrogens (tertiary/aromatic N) is 3. The Bertz CT molecular complexity index is 1160. The molecule has 170 valence electrons. The molecule has 33 heavy (non-hydrogen) atoms. The quantitative estimate of drug-likeness (QED) is 0.241. The summed E-state index contributed by atoms with van der Waals surface area (Å²) in [4.78, 5) is 31.4. The van der Waals surface area contributed by atoms with Crippen LogP contribution in [0.15, 0.2) is 78.1 Å². The summed E-state index contributed by atoms with van der Waals surface area (Å²) in [7, 11) is 0. The lowest BCUT2D eigenvalue weighted by atomic mass is 10.0. The molecule has 0 radical (unpaired) electrons. The van der Waals surface area contributed by atoms with Gasteiger partial charge in [0.25, 0.3) is 0 Å². The van der Waals surface area contributed by atoms with Gasteiger partial charge in [0.15, 0.2) is 5.71 Å². The van der Waals surface area contributed by atoms with E-state index in [0.29, 0.717) is 0 Å². The van der Waals surface area contributed by atoms with Gasteiger partial charge in [-0.1, -0.05) is 35.5 Å². The molecule has 0 spiro atoms. The Morgan fingerprint density at radius 2 is 1.70 bits per heavy atom. The zero-order chi connectivity index (χ0) is 24.0. The number of anilines is 1. The normalized spacial score (nSPS) is 11.7. The zero-order valence-corrected chi connectivity index (χ0v) is 18.5. The molecule has 3 aromatic rings. The number of halogens is 1. The van der Waals surface area contributed by atoms with Crippen LogP contribution in [0.5, 0.6) is 0 Å². The van der Waals surface area contributed by atoms with Crippen molar-refractivity contribution in [1.82, 2.24) is 4.98 Å². The van der Waals surface area contributed by atoms with Crippen LogP contribution in [0, 0.1) is 5.82 Å². The van der Waals surface area contributed by atoms with Crippen molar-refractivity contribution in [3.05, 3.63) is 95.4 Å². The molecule has 0 fully saturated rings. The number of oxime groups is 1. The summed E-state index contributed by atoms with van der Waals surface area (Å²) in [6.07, 6.45) is 0.777. The number of amides is 1. The number of aromatic nitrogens is 1. The highest BCUT2D eigenvalue weighted by Gasteiger charge is 2.26. The van der Waals surface area contributed by atoms with Crippen LogP contribution in [-0.4, -0.2) is 33.4 Å². The van der Waals surface area contributed by atoms with E-state index in [1.54, 1.807) is 20.8 Å². The van der Waals surface area contributed by atoms with Crippen LogP contribution in [0.3, 0.4) is 0 Å². The summed E-state index contributed by atoms with van der Waals surface area (Å²) in [5.41, 5.74) is 0.220.